The molecule has 0 unspecified atom stereocenters. The third kappa shape index (κ3) is 1.76. The van der Waals surface area contributed by atoms with Gasteiger partial charge in [0.15, 0.2) is 0 Å². The molecule has 2 aromatic carbocycles. The van der Waals surface area contributed by atoms with E-state index in [2.05, 4.69) is 4.98 Å². The smallest absolute Gasteiger partial charge is 0.365 e. The molecule has 0 aliphatic rings. The van der Waals surface area contributed by atoms with Crippen molar-refractivity contribution < 1.29 is 9.90 Å². The number of aromatic nitrogens is 1. The first-order chi connectivity index (χ1) is 8.75. The van der Waals surface area contributed by atoms with Gasteiger partial charge in [-0.2, -0.15) is 0 Å². The minimum atomic E-state index is -0.980. The zero-order valence-corrected chi connectivity index (χ0v) is 10.1. The molecule has 88 valence electrons. The van der Waals surface area contributed by atoms with Gasteiger partial charge in [0.05, 0.1) is 5.69 Å². The molecule has 0 amide bonds. The molecule has 0 saturated carbocycles. The Hall–Kier alpha value is -2.20. The van der Waals surface area contributed by atoms with E-state index in [1.165, 1.54) is 0 Å². The Morgan fingerprint density at radius 3 is 2.67 bits per heavy atom. The highest BCUT2D eigenvalue weighted by atomic mass is 32.1. The Morgan fingerprint density at radius 1 is 1.11 bits per heavy atom. The van der Waals surface area contributed by atoms with Crippen LogP contribution in [0.3, 0.4) is 0 Å². The minimum Gasteiger partial charge on any atom is -0.476 e. The Bertz CT molecular complexity index is 728. The lowest BCUT2D eigenvalue weighted by atomic mass is 10.0. The third-order valence-electron chi connectivity index (χ3n) is 2.75. The lowest BCUT2D eigenvalue weighted by Gasteiger charge is -2.03. The van der Waals surface area contributed by atoms with E-state index in [9.17, 15) is 4.79 Å². The van der Waals surface area contributed by atoms with E-state index in [0.29, 0.717) is 5.69 Å². The normalized spacial score (nSPS) is 10.7. The number of thiazole rings is 1. The number of carbonyl (C=O) groups is 1. The molecule has 0 radical (unpaired) electrons. The molecule has 18 heavy (non-hydrogen) atoms. The number of carboxylic acids is 1. The molecule has 0 fully saturated rings. The van der Waals surface area contributed by atoms with E-state index in [0.717, 1.165) is 27.7 Å². The standard InChI is InChI=1S/C14H9NO2S/c16-14(17)13-15-12(8-18-13)11-7-3-5-9-4-1-2-6-10(9)11/h1-8H,(H,16,17). The van der Waals surface area contributed by atoms with Crippen LogP contribution in [-0.4, -0.2) is 16.1 Å². The summed E-state index contributed by atoms with van der Waals surface area (Å²) in [6.07, 6.45) is 0. The zero-order chi connectivity index (χ0) is 12.5. The summed E-state index contributed by atoms with van der Waals surface area (Å²) in [5.41, 5.74) is 1.69. The van der Waals surface area contributed by atoms with Gasteiger partial charge in [-0.3, -0.25) is 0 Å². The number of rotatable bonds is 2. The van der Waals surface area contributed by atoms with Gasteiger partial charge in [-0.1, -0.05) is 42.5 Å². The predicted octanol–water partition coefficient (Wildman–Crippen LogP) is 3.66. The first-order valence-corrected chi connectivity index (χ1v) is 6.30. The van der Waals surface area contributed by atoms with Crippen molar-refractivity contribution in [1.82, 2.24) is 4.98 Å². The van der Waals surface area contributed by atoms with Crippen molar-refractivity contribution in [3.63, 3.8) is 0 Å². The molecule has 0 bridgehead atoms. The fourth-order valence-corrected chi connectivity index (χ4v) is 2.60. The van der Waals surface area contributed by atoms with Crippen LogP contribution in [0.15, 0.2) is 47.8 Å². The second kappa shape index (κ2) is 4.23. The summed E-state index contributed by atoms with van der Waals surface area (Å²) >= 11 is 1.15. The summed E-state index contributed by atoms with van der Waals surface area (Å²) in [7, 11) is 0. The molecule has 0 aliphatic carbocycles. The van der Waals surface area contributed by atoms with Crippen molar-refractivity contribution in [2.45, 2.75) is 0 Å². The minimum absolute atomic E-state index is 0.123. The van der Waals surface area contributed by atoms with Gasteiger partial charge in [-0.25, -0.2) is 9.78 Å². The Balaban J connectivity index is 2.21. The zero-order valence-electron chi connectivity index (χ0n) is 9.33. The van der Waals surface area contributed by atoms with E-state index in [-0.39, 0.29) is 5.01 Å². The molecule has 1 aromatic heterocycles. The van der Waals surface area contributed by atoms with Crippen LogP contribution < -0.4 is 0 Å². The van der Waals surface area contributed by atoms with Crippen LogP contribution in [0, 0.1) is 0 Å². The molecule has 0 spiro atoms. The number of hydrogen-bond donors (Lipinski definition) is 1. The molecule has 4 heteroatoms. The average molecular weight is 255 g/mol. The largest absolute Gasteiger partial charge is 0.476 e. The third-order valence-corrected chi connectivity index (χ3v) is 3.58. The van der Waals surface area contributed by atoms with Crippen LogP contribution in [-0.2, 0) is 0 Å². The van der Waals surface area contributed by atoms with E-state index in [1.807, 2.05) is 42.5 Å². The first kappa shape index (κ1) is 10.9. The summed E-state index contributed by atoms with van der Waals surface area (Å²) in [5, 5.41) is 13.0. The summed E-state index contributed by atoms with van der Waals surface area (Å²) in [6.45, 7) is 0. The van der Waals surface area contributed by atoms with Gasteiger partial charge in [0, 0.05) is 10.9 Å². The van der Waals surface area contributed by atoms with Crippen molar-refractivity contribution in [2.75, 3.05) is 0 Å². The maximum atomic E-state index is 10.9. The summed E-state index contributed by atoms with van der Waals surface area (Å²) in [6, 6.07) is 13.9. The van der Waals surface area contributed by atoms with Gasteiger partial charge in [-0.05, 0) is 10.8 Å². The van der Waals surface area contributed by atoms with Gasteiger partial charge in [0.1, 0.15) is 0 Å². The Labute approximate surface area is 107 Å². The molecular formula is C14H9NO2S. The van der Waals surface area contributed by atoms with Crippen LogP contribution in [0.2, 0.25) is 0 Å². The molecule has 3 nitrogen and oxygen atoms in total. The van der Waals surface area contributed by atoms with Crippen LogP contribution in [0.4, 0.5) is 0 Å². The number of fused-ring (bicyclic) bond motifs is 1. The number of hydrogen-bond acceptors (Lipinski definition) is 3. The second-order valence-corrected chi connectivity index (χ2v) is 4.73. The molecule has 1 N–H and O–H groups in total. The van der Waals surface area contributed by atoms with Crippen molar-refractivity contribution in [2.24, 2.45) is 0 Å². The van der Waals surface area contributed by atoms with E-state index in [4.69, 9.17) is 5.11 Å². The summed E-state index contributed by atoms with van der Waals surface area (Å²) in [5.74, 6) is -0.980. The van der Waals surface area contributed by atoms with Crippen LogP contribution in [0.1, 0.15) is 9.80 Å². The van der Waals surface area contributed by atoms with Gasteiger partial charge in [0.25, 0.3) is 0 Å². The second-order valence-electron chi connectivity index (χ2n) is 3.87. The number of aromatic carboxylic acids is 1. The average Bonchev–Trinajstić information content (AvgIpc) is 2.87. The lowest BCUT2D eigenvalue weighted by Crippen LogP contribution is -1.94. The molecular weight excluding hydrogens is 246 g/mol. The lowest BCUT2D eigenvalue weighted by molar-refractivity contribution is 0.0696. The molecule has 3 aromatic rings. The van der Waals surface area contributed by atoms with E-state index >= 15 is 0 Å². The number of carboxylic acid groups (broad SMARTS) is 1. The number of benzene rings is 2. The van der Waals surface area contributed by atoms with Crippen LogP contribution in [0.5, 0.6) is 0 Å². The van der Waals surface area contributed by atoms with Gasteiger partial charge >= 0.3 is 5.97 Å². The first-order valence-electron chi connectivity index (χ1n) is 5.42. The van der Waals surface area contributed by atoms with Crippen molar-refractivity contribution in [1.29, 1.82) is 0 Å². The fraction of sp³-hybridized carbons (Fsp3) is 0. The monoisotopic (exact) mass is 255 g/mol. The summed E-state index contributed by atoms with van der Waals surface area (Å²) < 4.78 is 0. The maximum Gasteiger partial charge on any atom is 0.365 e. The van der Waals surface area contributed by atoms with Gasteiger partial charge in [0.2, 0.25) is 5.01 Å². The highest BCUT2D eigenvalue weighted by Crippen LogP contribution is 2.29. The van der Waals surface area contributed by atoms with E-state index in [1.54, 1.807) is 5.38 Å². The molecule has 0 saturated heterocycles. The van der Waals surface area contributed by atoms with E-state index < -0.39 is 5.97 Å². The highest BCUT2D eigenvalue weighted by Gasteiger charge is 2.11. The molecule has 0 atom stereocenters. The van der Waals surface area contributed by atoms with Crippen LogP contribution in [0.25, 0.3) is 22.0 Å². The van der Waals surface area contributed by atoms with Crippen LogP contribution >= 0.6 is 11.3 Å². The Kier molecular flexibility index (Phi) is 2.57. The quantitative estimate of drug-likeness (QED) is 0.760. The van der Waals surface area contributed by atoms with Crippen molar-refractivity contribution >= 4 is 28.1 Å². The topological polar surface area (TPSA) is 50.2 Å². The summed E-state index contributed by atoms with van der Waals surface area (Å²) in [4.78, 5) is 15.0. The fourth-order valence-electron chi connectivity index (χ4n) is 1.94. The van der Waals surface area contributed by atoms with Gasteiger partial charge in [-0.15, -0.1) is 11.3 Å². The molecule has 3 rings (SSSR count). The molecule has 0 aliphatic heterocycles. The van der Waals surface area contributed by atoms with Crippen molar-refractivity contribution in [3.05, 3.63) is 52.9 Å². The molecule has 1 heterocycles. The highest BCUT2D eigenvalue weighted by molar-refractivity contribution is 7.11. The van der Waals surface area contributed by atoms with Crippen molar-refractivity contribution in [3.8, 4) is 11.3 Å². The number of nitrogens with zero attached hydrogens (tertiary/aromatic N) is 1. The Morgan fingerprint density at radius 2 is 1.89 bits per heavy atom. The van der Waals surface area contributed by atoms with Gasteiger partial charge < -0.3 is 5.11 Å². The predicted molar refractivity (Wildman–Crippen MR) is 72.0 cm³/mol. The SMILES string of the molecule is O=C(O)c1nc(-c2cccc3ccccc23)cs1. The maximum absolute atomic E-state index is 10.9.